The van der Waals surface area contributed by atoms with Crippen LogP contribution in [0.1, 0.15) is 44.5 Å². The molecule has 0 amide bonds. The first kappa shape index (κ1) is 30.7. The first-order valence-corrected chi connectivity index (χ1v) is 16.0. The fourth-order valence-electron chi connectivity index (χ4n) is 6.37. The van der Waals surface area contributed by atoms with Crippen molar-refractivity contribution in [2.45, 2.75) is 41.5 Å². The first-order chi connectivity index (χ1) is 22.2. The molecule has 0 aliphatic carbocycles. The Morgan fingerprint density at radius 2 is 0.587 bits per heavy atom. The van der Waals surface area contributed by atoms with Crippen molar-refractivity contribution < 1.29 is 0 Å². The second kappa shape index (κ2) is 13.3. The first-order valence-electron chi connectivity index (χ1n) is 16.0. The van der Waals surface area contributed by atoms with Crippen LogP contribution in [0.25, 0.3) is 12.2 Å². The Kier molecular flexibility index (Phi) is 8.90. The van der Waals surface area contributed by atoms with Crippen LogP contribution >= 0.6 is 0 Å². The van der Waals surface area contributed by atoms with Gasteiger partial charge in [0.2, 0.25) is 0 Å². The van der Waals surface area contributed by atoms with E-state index in [0.29, 0.717) is 0 Å². The van der Waals surface area contributed by atoms with Crippen molar-refractivity contribution >= 4 is 46.3 Å². The molecule has 0 aromatic heterocycles. The Balaban J connectivity index is 1.27. The van der Waals surface area contributed by atoms with E-state index in [1.807, 2.05) is 0 Å². The second-order valence-electron chi connectivity index (χ2n) is 12.6. The topological polar surface area (TPSA) is 6.48 Å². The molecule has 0 atom stereocenters. The third kappa shape index (κ3) is 7.14. The normalized spacial score (nSPS) is 11.2. The van der Waals surface area contributed by atoms with Gasteiger partial charge in [0.15, 0.2) is 0 Å². The molecule has 2 heteroatoms. The fourth-order valence-corrected chi connectivity index (χ4v) is 6.37. The van der Waals surface area contributed by atoms with Crippen LogP contribution in [0.3, 0.4) is 0 Å². The van der Waals surface area contributed by atoms with E-state index in [4.69, 9.17) is 0 Å². The average Bonchev–Trinajstić information content (AvgIpc) is 3.01. The lowest BCUT2D eigenvalue weighted by atomic mass is 10.1. The molecule has 0 saturated heterocycles. The van der Waals surface area contributed by atoms with E-state index < -0.39 is 0 Å². The number of para-hydroxylation sites is 1. The van der Waals surface area contributed by atoms with Gasteiger partial charge in [-0.3, -0.25) is 0 Å². The van der Waals surface area contributed by atoms with Crippen molar-refractivity contribution in [3.63, 3.8) is 0 Å². The maximum atomic E-state index is 2.36. The summed E-state index contributed by atoms with van der Waals surface area (Å²) in [5.74, 6) is 0. The van der Waals surface area contributed by atoms with Gasteiger partial charge < -0.3 is 9.80 Å². The molecule has 0 heterocycles. The summed E-state index contributed by atoms with van der Waals surface area (Å²) in [6, 6.07) is 48.5. The molecule has 0 bridgehead atoms. The van der Waals surface area contributed by atoms with Crippen LogP contribution in [0.5, 0.6) is 0 Å². The number of hydrogen-bond donors (Lipinski definition) is 0. The van der Waals surface area contributed by atoms with Crippen molar-refractivity contribution in [2.75, 3.05) is 9.80 Å². The standard InChI is InChI=1S/C44H42N2/c1-31-22-32(2)26-42(25-31)45(39-10-8-7-9-11-39)40-18-14-37(15-19-40)12-13-38-16-20-41(21-17-38)46(43-27-33(3)23-34(4)28-43)44-29-35(5)24-36(6)30-44/h7-30H,1-6H3/b13-12+. The SMILES string of the molecule is Cc1cc(C)cc(N(c2ccccc2)c2ccc(/C=C/c3ccc(N(c4cc(C)cc(C)c4)c4cc(C)cc(C)c4)cc3)cc2)c1. The van der Waals surface area contributed by atoms with Gasteiger partial charge in [0.25, 0.3) is 0 Å². The van der Waals surface area contributed by atoms with Crippen molar-refractivity contribution in [3.05, 3.63) is 178 Å². The summed E-state index contributed by atoms with van der Waals surface area (Å²) in [5, 5.41) is 0. The van der Waals surface area contributed by atoms with Crippen LogP contribution in [0.2, 0.25) is 0 Å². The molecule has 2 nitrogen and oxygen atoms in total. The van der Waals surface area contributed by atoms with E-state index in [-0.39, 0.29) is 0 Å². The summed E-state index contributed by atoms with van der Waals surface area (Å²) in [6.07, 6.45) is 4.38. The maximum Gasteiger partial charge on any atom is 0.0466 e. The molecular weight excluding hydrogens is 556 g/mol. The van der Waals surface area contributed by atoms with E-state index in [0.717, 1.165) is 28.2 Å². The lowest BCUT2D eigenvalue weighted by molar-refractivity contribution is 1.23. The van der Waals surface area contributed by atoms with E-state index in [1.54, 1.807) is 0 Å². The van der Waals surface area contributed by atoms with Gasteiger partial charge >= 0.3 is 0 Å². The largest absolute Gasteiger partial charge is 0.310 e. The number of benzene rings is 6. The van der Waals surface area contributed by atoms with E-state index in [1.165, 1.54) is 50.4 Å². The summed E-state index contributed by atoms with van der Waals surface area (Å²) >= 11 is 0. The molecule has 6 rings (SSSR count). The zero-order chi connectivity index (χ0) is 32.2. The molecule has 0 N–H and O–H groups in total. The summed E-state index contributed by atoms with van der Waals surface area (Å²) in [7, 11) is 0. The van der Waals surface area contributed by atoms with E-state index in [9.17, 15) is 0 Å². The number of nitrogens with zero attached hydrogens (tertiary/aromatic N) is 2. The minimum Gasteiger partial charge on any atom is -0.310 e. The van der Waals surface area contributed by atoms with E-state index >= 15 is 0 Å². The molecule has 6 aromatic carbocycles. The Bertz CT molecular complexity index is 1870. The highest BCUT2D eigenvalue weighted by Gasteiger charge is 2.15. The lowest BCUT2D eigenvalue weighted by Crippen LogP contribution is -2.11. The Morgan fingerprint density at radius 1 is 0.304 bits per heavy atom. The molecular formula is C44H42N2. The van der Waals surface area contributed by atoms with Gasteiger partial charge in [-0.1, -0.05) is 72.8 Å². The highest BCUT2D eigenvalue weighted by atomic mass is 15.1. The lowest BCUT2D eigenvalue weighted by Gasteiger charge is -2.27. The molecule has 0 unspecified atom stereocenters. The van der Waals surface area contributed by atoms with Crippen LogP contribution in [0, 0.1) is 41.5 Å². The van der Waals surface area contributed by atoms with Crippen molar-refractivity contribution in [3.8, 4) is 0 Å². The zero-order valence-corrected chi connectivity index (χ0v) is 27.8. The van der Waals surface area contributed by atoms with Crippen molar-refractivity contribution in [1.29, 1.82) is 0 Å². The quantitative estimate of drug-likeness (QED) is 0.161. The molecule has 0 fully saturated rings. The number of anilines is 6. The van der Waals surface area contributed by atoms with Crippen molar-refractivity contribution in [1.82, 2.24) is 0 Å². The predicted octanol–water partition coefficient (Wildman–Crippen LogP) is 12.6. The maximum absolute atomic E-state index is 2.36. The predicted molar refractivity (Wildman–Crippen MR) is 200 cm³/mol. The van der Waals surface area contributed by atoms with Gasteiger partial charge in [-0.2, -0.15) is 0 Å². The molecule has 0 aliphatic rings. The molecule has 46 heavy (non-hydrogen) atoms. The van der Waals surface area contributed by atoms with Crippen LogP contribution in [0.4, 0.5) is 34.1 Å². The van der Waals surface area contributed by atoms with Crippen LogP contribution in [-0.4, -0.2) is 0 Å². The summed E-state index contributed by atoms with van der Waals surface area (Å²) in [6.45, 7) is 13.0. The minimum absolute atomic E-state index is 1.13. The summed E-state index contributed by atoms with van der Waals surface area (Å²) in [4.78, 5) is 4.68. The van der Waals surface area contributed by atoms with Gasteiger partial charge in [0.05, 0.1) is 0 Å². The molecule has 0 radical (unpaired) electrons. The van der Waals surface area contributed by atoms with Gasteiger partial charge in [0.1, 0.15) is 0 Å². The zero-order valence-electron chi connectivity index (χ0n) is 27.8. The van der Waals surface area contributed by atoms with Gasteiger partial charge in [-0.15, -0.1) is 0 Å². The van der Waals surface area contributed by atoms with E-state index in [2.05, 4.69) is 197 Å². The number of rotatable bonds is 8. The molecule has 0 spiro atoms. The van der Waals surface area contributed by atoms with Crippen LogP contribution in [-0.2, 0) is 0 Å². The fraction of sp³-hybridized carbons (Fsp3) is 0.136. The third-order valence-corrected chi connectivity index (χ3v) is 8.18. The molecule has 0 saturated carbocycles. The summed E-state index contributed by atoms with van der Waals surface area (Å²) < 4.78 is 0. The average molecular weight is 599 g/mol. The monoisotopic (exact) mass is 598 g/mol. The highest BCUT2D eigenvalue weighted by Crippen LogP contribution is 2.38. The second-order valence-corrected chi connectivity index (χ2v) is 12.6. The Labute approximate surface area is 274 Å². The summed E-state index contributed by atoms with van der Waals surface area (Å²) in [5.41, 5.74) is 16.8. The van der Waals surface area contributed by atoms with Crippen molar-refractivity contribution in [2.24, 2.45) is 0 Å². The van der Waals surface area contributed by atoms with Crippen LogP contribution in [0.15, 0.2) is 133 Å². The molecule has 228 valence electrons. The Morgan fingerprint density at radius 3 is 0.913 bits per heavy atom. The minimum atomic E-state index is 1.13. The molecule has 6 aromatic rings. The number of hydrogen-bond acceptors (Lipinski definition) is 2. The van der Waals surface area contributed by atoms with Gasteiger partial charge in [-0.05, 0) is 159 Å². The third-order valence-electron chi connectivity index (χ3n) is 8.18. The van der Waals surface area contributed by atoms with Gasteiger partial charge in [-0.25, -0.2) is 0 Å². The van der Waals surface area contributed by atoms with Crippen LogP contribution < -0.4 is 9.80 Å². The smallest absolute Gasteiger partial charge is 0.0466 e. The molecule has 0 aliphatic heterocycles. The Hall–Kier alpha value is -5.34. The number of aryl methyl sites for hydroxylation is 6. The van der Waals surface area contributed by atoms with Gasteiger partial charge in [0, 0.05) is 34.1 Å². The highest BCUT2D eigenvalue weighted by molar-refractivity contribution is 5.81.